The molecule has 136 valence electrons. The lowest BCUT2D eigenvalue weighted by Gasteiger charge is -1.97. The first-order valence-corrected chi connectivity index (χ1v) is 8.79. The summed E-state index contributed by atoms with van der Waals surface area (Å²) >= 11 is 0.797. The summed E-state index contributed by atoms with van der Waals surface area (Å²) < 4.78 is 5.77. The van der Waals surface area contributed by atoms with Crippen molar-refractivity contribution >= 4 is 45.9 Å². The van der Waals surface area contributed by atoms with E-state index in [1.165, 1.54) is 18.3 Å². The van der Waals surface area contributed by atoms with E-state index in [4.69, 9.17) is 4.42 Å². The summed E-state index contributed by atoms with van der Waals surface area (Å²) in [5.74, 6) is 4.58. The van der Waals surface area contributed by atoms with Crippen LogP contribution < -0.4 is 5.32 Å². The van der Waals surface area contributed by atoms with Crippen LogP contribution in [0.4, 0.5) is 4.79 Å². The molecule has 2 amide bonds. The van der Waals surface area contributed by atoms with Gasteiger partial charge in [-0.05, 0) is 30.0 Å². The maximum Gasteiger partial charge on any atom is 0.336 e. The van der Waals surface area contributed by atoms with Gasteiger partial charge in [0.2, 0.25) is 0 Å². The summed E-state index contributed by atoms with van der Waals surface area (Å²) in [6.45, 7) is 0. The van der Waals surface area contributed by atoms with Crippen molar-refractivity contribution in [3.63, 3.8) is 0 Å². The molecule has 0 aliphatic carbocycles. The van der Waals surface area contributed by atoms with Gasteiger partial charge in [-0.1, -0.05) is 24.0 Å². The second kappa shape index (κ2) is 7.06. The van der Waals surface area contributed by atoms with E-state index >= 15 is 0 Å². The molecule has 4 rings (SSSR count). The molecule has 0 bridgehead atoms. The third-order valence-corrected chi connectivity index (χ3v) is 4.66. The first kappa shape index (κ1) is 17.6. The van der Waals surface area contributed by atoms with E-state index in [1.54, 1.807) is 30.5 Å². The number of aromatic carboxylic acids is 1. The molecule has 7 nitrogen and oxygen atoms in total. The maximum absolute atomic E-state index is 11.7. The highest BCUT2D eigenvalue weighted by Gasteiger charge is 2.25. The fourth-order valence-corrected chi connectivity index (χ4v) is 3.27. The normalized spacial score (nSPS) is 14.8. The van der Waals surface area contributed by atoms with Crippen molar-refractivity contribution in [3.05, 3.63) is 70.1 Å². The molecule has 1 fully saturated rings. The highest BCUT2D eigenvalue weighted by atomic mass is 32.2. The van der Waals surface area contributed by atoms with Crippen LogP contribution >= 0.6 is 11.8 Å². The third-order valence-electron chi connectivity index (χ3n) is 3.85. The van der Waals surface area contributed by atoms with Crippen LogP contribution in [0.3, 0.4) is 0 Å². The van der Waals surface area contributed by atoms with Crippen molar-refractivity contribution in [1.82, 2.24) is 10.3 Å². The Hall–Kier alpha value is -3.83. The molecule has 0 saturated carbocycles. The zero-order valence-corrected chi connectivity index (χ0v) is 14.9. The summed E-state index contributed by atoms with van der Waals surface area (Å²) in [4.78, 5) is 38.6. The SMILES string of the molecule is O=C1NC(=O)C(=Cc2cc3cncc(C#Cc4ccccc4C(=O)O)c3o2)S1. The predicted molar refractivity (Wildman–Crippen MR) is 102 cm³/mol. The number of carbonyl (C=O) groups is 3. The molecule has 1 aliphatic heterocycles. The van der Waals surface area contributed by atoms with E-state index in [0.29, 0.717) is 27.9 Å². The number of thioether (sulfide) groups is 1. The zero-order chi connectivity index (χ0) is 19.7. The average Bonchev–Trinajstić information content (AvgIpc) is 3.22. The van der Waals surface area contributed by atoms with E-state index in [-0.39, 0.29) is 10.5 Å². The lowest BCUT2D eigenvalue weighted by Crippen LogP contribution is -2.17. The highest BCUT2D eigenvalue weighted by molar-refractivity contribution is 8.18. The number of nitrogens with zero attached hydrogens (tertiary/aromatic N) is 1. The number of rotatable bonds is 2. The minimum atomic E-state index is -1.06. The smallest absolute Gasteiger partial charge is 0.336 e. The number of fused-ring (bicyclic) bond motifs is 1. The first-order valence-electron chi connectivity index (χ1n) is 7.98. The van der Waals surface area contributed by atoms with Crippen LogP contribution in [-0.4, -0.2) is 27.2 Å². The fraction of sp³-hybridized carbons (Fsp3) is 0. The molecule has 2 aromatic heterocycles. The summed E-state index contributed by atoms with van der Waals surface area (Å²) in [6, 6.07) is 8.12. The number of carbonyl (C=O) groups excluding carboxylic acids is 2. The van der Waals surface area contributed by atoms with Crippen molar-refractivity contribution in [2.75, 3.05) is 0 Å². The topological polar surface area (TPSA) is 110 Å². The zero-order valence-electron chi connectivity index (χ0n) is 14.1. The lowest BCUT2D eigenvalue weighted by atomic mass is 10.1. The maximum atomic E-state index is 11.7. The Morgan fingerprint density at radius 3 is 2.71 bits per heavy atom. The van der Waals surface area contributed by atoms with E-state index in [2.05, 4.69) is 22.1 Å². The van der Waals surface area contributed by atoms with Crippen molar-refractivity contribution in [2.45, 2.75) is 0 Å². The molecule has 0 spiro atoms. The summed E-state index contributed by atoms with van der Waals surface area (Å²) in [6.07, 6.45) is 4.58. The van der Waals surface area contributed by atoms with Gasteiger partial charge in [-0.2, -0.15) is 0 Å². The van der Waals surface area contributed by atoms with E-state index < -0.39 is 17.1 Å². The number of furan rings is 1. The van der Waals surface area contributed by atoms with Gasteiger partial charge < -0.3 is 9.52 Å². The number of nitrogens with one attached hydrogen (secondary N) is 1. The van der Waals surface area contributed by atoms with Crippen LogP contribution in [0, 0.1) is 11.8 Å². The minimum absolute atomic E-state index is 0.105. The Morgan fingerprint density at radius 2 is 1.96 bits per heavy atom. The van der Waals surface area contributed by atoms with Gasteiger partial charge in [0.05, 0.1) is 16.0 Å². The number of benzene rings is 1. The molecule has 1 saturated heterocycles. The van der Waals surface area contributed by atoms with Gasteiger partial charge in [0.1, 0.15) is 5.76 Å². The average molecular weight is 390 g/mol. The van der Waals surface area contributed by atoms with Gasteiger partial charge in [-0.25, -0.2) is 4.79 Å². The molecule has 8 heteroatoms. The largest absolute Gasteiger partial charge is 0.478 e. The third kappa shape index (κ3) is 3.39. The molecule has 3 heterocycles. The summed E-state index contributed by atoms with van der Waals surface area (Å²) in [7, 11) is 0. The van der Waals surface area contributed by atoms with Gasteiger partial charge in [0.15, 0.2) is 5.58 Å². The molecule has 1 aromatic carbocycles. The van der Waals surface area contributed by atoms with Gasteiger partial charge in [-0.15, -0.1) is 0 Å². The van der Waals surface area contributed by atoms with Crippen LogP contribution in [-0.2, 0) is 4.79 Å². The van der Waals surface area contributed by atoms with Crippen LogP contribution in [0.2, 0.25) is 0 Å². The molecular weight excluding hydrogens is 380 g/mol. The standard InChI is InChI=1S/C20H10N2O5S/c23-18-16(28-20(26)22-18)8-14-7-13-10-21-9-12(17(13)27-14)6-5-11-3-1-2-4-15(11)19(24)25/h1-4,7-10H,(H,24,25)(H,22,23,26). The Balaban J connectivity index is 1.74. The van der Waals surface area contributed by atoms with Crippen molar-refractivity contribution < 1.29 is 23.9 Å². The van der Waals surface area contributed by atoms with Crippen molar-refractivity contribution in [1.29, 1.82) is 0 Å². The highest BCUT2D eigenvalue weighted by Crippen LogP contribution is 2.28. The molecule has 0 atom stereocenters. The molecule has 28 heavy (non-hydrogen) atoms. The van der Waals surface area contributed by atoms with Gasteiger partial charge in [0.25, 0.3) is 11.1 Å². The molecule has 2 N–H and O–H groups in total. The van der Waals surface area contributed by atoms with Crippen LogP contribution in [0.5, 0.6) is 0 Å². The van der Waals surface area contributed by atoms with Crippen LogP contribution in [0.1, 0.15) is 27.2 Å². The Labute approximate surface area is 162 Å². The van der Waals surface area contributed by atoms with E-state index in [9.17, 15) is 19.5 Å². The first-order chi connectivity index (χ1) is 13.5. The minimum Gasteiger partial charge on any atom is -0.478 e. The van der Waals surface area contributed by atoms with Gasteiger partial charge >= 0.3 is 5.97 Å². The number of hydrogen-bond donors (Lipinski definition) is 2. The van der Waals surface area contributed by atoms with E-state index in [0.717, 1.165) is 11.8 Å². The summed E-state index contributed by atoms with van der Waals surface area (Å²) in [5.41, 5.74) is 1.41. The number of carboxylic acid groups (broad SMARTS) is 1. The number of amides is 2. The molecular formula is C20H10N2O5S. The number of aromatic nitrogens is 1. The molecule has 3 aromatic rings. The lowest BCUT2D eigenvalue weighted by molar-refractivity contribution is -0.115. The molecule has 0 unspecified atom stereocenters. The number of pyridine rings is 1. The van der Waals surface area contributed by atoms with E-state index in [1.807, 2.05) is 0 Å². The second-order valence-electron chi connectivity index (χ2n) is 5.71. The Kier molecular flexibility index (Phi) is 4.43. The monoisotopic (exact) mass is 390 g/mol. The quantitative estimate of drug-likeness (QED) is 0.510. The summed E-state index contributed by atoms with van der Waals surface area (Å²) in [5, 5.41) is 11.7. The van der Waals surface area contributed by atoms with Gasteiger partial charge in [-0.3, -0.25) is 19.9 Å². The second-order valence-corrected chi connectivity index (χ2v) is 6.72. The van der Waals surface area contributed by atoms with Gasteiger partial charge in [0, 0.05) is 29.4 Å². The fourth-order valence-electron chi connectivity index (χ4n) is 2.61. The Bertz CT molecular complexity index is 1250. The number of hydrogen-bond acceptors (Lipinski definition) is 6. The predicted octanol–water partition coefficient (Wildman–Crippen LogP) is 3.25. The number of carboxylic acids is 1. The molecule has 1 aliphatic rings. The Morgan fingerprint density at radius 1 is 1.18 bits per heavy atom. The van der Waals surface area contributed by atoms with Crippen molar-refractivity contribution in [2.24, 2.45) is 0 Å². The number of imide groups is 1. The van der Waals surface area contributed by atoms with Crippen molar-refractivity contribution in [3.8, 4) is 11.8 Å². The molecule has 0 radical (unpaired) electrons. The van der Waals surface area contributed by atoms with Crippen LogP contribution in [0.15, 0.2) is 52.0 Å². The van der Waals surface area contributed by atoms with Crippen LogP contribution in [0.25, 0.3) is 17.0 Å².